The second-order valence-corrected chi connectivity index (χ2v) is 11.3. The highest BCUT2D eigenvalue weighted by atomic mass is 16.2. The van der Waals surface area contributed by atoms with Crippen LogP contribution in [0.5, 0.6) is 0 Å². The van der Waals surface area contributed by atoms with Crippen molar-refractivity contribution in [3.05, 3.63) is 78.4 Å². The third-order valence-electron chi connectivity index (χ3n) is 8.29. The molecule has 220 valence electrons. The summed E-state index contributed by atoms with van der Waals surface area (Å²) in [4.78, 5) is 29.2. The van der Waals surface area contributed by atoms with Gasteiger partial charge in [-0.1, -0.05) is 30.3 Å². The lowest BCUT2D eigenvalue weighted by Gasteiger charge is -2.36. The van der Waals surface area contributed by atoms with Gasteiger partial charge in [0.1, 0.15) is 23.3 Å². The van der Waals surface area contributed by atoms with Crippen molar-refractivity contribution in [1.29, 1.82) is 5.26 Å². The minimum Gasteiger partial charge on any atom is -0.366 e. The Morgan fingerprint density at radius 2 is 1.74 bits per heavy atom. The second-order valence-electron chi connectivity index (χ2n) is 11.3. The number of hydrogen-bond acceptors (Lipinski definition) is 8. The lowest BCUT2D eigenvalue weighted by atomic mass is 9.90. The van der Waals surface area contributed by atoms with E-state index in [9.17, 15) is 10.1 Å². The van der Waals surface area contributed by atoms with E-state index in [1.807, 2.05) is 60.6 Å². The topological polar surface area (TPSA) is 137 Å². The summed E-state index contributed by atoms with van der Waals surface area (Å²) in [5.74, 6) is 1.74. The Bertz CT molecular complexity index is 1570. The number of aromatic nitrogens is 5. The van der Waals surface area contributed by atoms with Crippen molar-refractivity contribution >= 4 is 23.6 Å². The van der Waals surface area contributed by atoms with E-state index >= 15 is 0 Å². The van der Waals surface area contributed by atoms with E-state index in [1.54, 1.807) is 23.3 Å². The van der Waals surface area contributed by atoms with E-state index < -0.39 is 0 Å². The molecule has 43 heavy (non-hydrogen) atoms. The van der Waals surface area contributed by atoms with Gasteiger partial charge in [0.15, 0.2) is 0 Å². The van der Waals surface area contributed by atoms with Crippen LogP contribution in [0.4, 0.5) is 22.4 Å². The van der Waals surface area contributed by atoms with Crippen LogP contribution in [0.1, 0.15) is 56.1 Å². The summed E-state index contributed by atoms with van der Waals surface area (Å²) in [5, 5.41) is 23.7. The van der Waals surface area contributed by atoms with Crippen LogP contribution in [0, 0.1) is 11.3 Å². The summed E-state index contributed by atoms with van der Waals surface area (Å²) in [6.07, 6.45) is 13.8. The monoisotopic (exact) mass is 576 g/mol. The molecule has 0 spiro atoms. The highest BCUT2D eigenvalue weighted by Crippen LogP contribution is 2.30. The zero-order valence-corrected chi connectivity index (χ0v) is 24.3. The summed E-state index contributed by atoms with van der Waals surface area (Å²) >= 11 is 0. The van der Waals surface area contributed by atoms with Gasteiger partial charge in [-0.15, -0.1) is 0 Å². The Morgan fingerprint density at radius 1 is 0.953 bits per heavy atom. The average Bonchev–Trinajstić information content (AvgIpc) is 3.46. The van der Waals surface area contributed by atoms with Crippen molar-refractivity contribution in [1.82, 2.24) is 30.0 Å². The first-order valence-electron chi connectivity index (χ1n) is 14.9. The molecule has 2 amide bonds. The molecule has 0 saturated heterocycles. The molecule has 2 aliphatic rings. The summed E-state index contributed by atoms with van der Waals surface area (Å²) in [7, 11) is 1.88. The molecule has 11 nitrogen and oxygen atoms in total. The summed E-state index contributed by atoms with van der Waals surface area (Å²) < 4.78 is 1.76. The number of hydrogen-bond donors (Lipinski definition) is 3. The van der Waals surface area contributed by atoms with Crippen molar-refractivity contribution in [3.8, 4) is 17.2 Å². The molecule has 3 heterocycles. The molecule has 1 aromatic carbocycles. The number of carbonyl (C=O) groups excluding carboxylic acids is 1. The Hall–Kier alpha value is -4.98. The molecule has 0 unspecified atom stereocenters. The fourth-order valence-corrected chi connectivity index (χ4v) is 5.64. The summed E-state index contributed by atoms with van der Waals surface area (Å²) in [5.41, 5.74) is 3.42. The van der Waals surface area contributed by atoms with Crippen LogP contribution in [-0.4, -0.2) is 48.9 Å². The molecule has 6 rings (SSSR count). The first kappa shape index (κ1) is 28.2. The molecule has 4 aromatic rings. The minimum atomic E-state index is -0.163. The van der Waals surface area contributed by atoms with Crippen molar-refractivity contribution in [3.63, 3.8) is 0 Å². The van der Waals surface area contributed by atoms with E-state index in [4.69, 9.17) is 4.98 Å². The molecular formula is C32H36N10O. The van der Waals surface area contributed by atoms with E-state index in [0.717, 1.165) is 55.2 Å². The van der Waals surface area contributed by atoms with Gasteiger partial charge in [-0.2, -0.15) is 15.3 Å². The van der Waals surface area contributed by atoms with E-state index in [1.165, 1.54) is 6.42 Å². The van der Waals surface area contributed by atoms with Gasteiger partial charge in [-0.3, -0.25) is 9.58 Å². The van der Waals surface area contributed by atoms with Gasteiger partial charge in [0.05, 0.1) is 12.4 Å². The maximum Gasteiger partial charge on any atom is 0.323 e. The normalized spacial score (nSPS) is 18.2. The Labute approximate surface area is 251 Å². The van der Waals surface area contributed by atoms with Crippen molar-refractivity contribution in [2.75, 3.05) is 15.5 Å². The van der Waals surface area contributed by atoms with Gasteiger partial charge < -0.3 is 16.0 Å². The molecule has 11 heteroatoms. The first-order valence-corrected chi connectivity index (χ1v) is 14.9. The van der Waals surface area contributed by atoms with Gasteiger partial charge in [0.25, 0.3) is 0 Å². The number of benzene rings is 1. The summed E-state index contributed by atoms with van der Waals surface area (Å²) in [6.45, 7) is 0.439. The smallest absolute Gasteiger partial charge is 0.323 e. The molecule has 3 aromatic heterocycles. The zero-order chi connectivity index (χ0) is 29.6. The highest BCUT2D eigenvalue weighted by molar-refractivity contribution is 5.91. The molecule has 0 bridgehead atoms. The standard InChI is InChI=1S/C32H36N10O/c1-41-21-25(20-37-41)23-10-15-29(34-18-23)42(32(43)36-17-22-6-3-2-4-7-22)28-13-11-27(12-14-28)39-31-35-19-24(16-33)30(40-31)38-26-8-5-9-26/h2-4,6-7,10,15,18-21,26-28H,5,8-9,11-14,17H2,1H3,(H,36,43)(H2,35,38,39,40)/t27-,28-. The van der Waals surface area contributed by atoms with Gasteiger partial charge in [-0.05, 0) is 62.6 Å². The van der Waals surface area contributed by atoms with Gasteiger partial charge >= 0.3 is 6.03 Å². The number of amides is 2. The van der Waals surface area contributed by atoms with Crippen LogP contribution in [0.15, 0.2) is 67.3 Å². The van der Waals surface area contributed by atoms with Gasteiger partial charge in [0.2, 0.25) is 5.95 Å². The van der Waals surface area contributed by atoms with E-state index in [2.05, 4.69) is 37.1 Å². The van der Waals surface area contributed by atoms with Crippen LogP contribution < -0.4 is 20.9 Å². The fraction of sp³-hybridized carbons (Fsp3) is 0.375. The Kier molecular flexibility index (Phi) is 8.45. The molecule has 2 saturated carbocycles. The van der Waals surface area contributed by atoms with Crippen LogP contribution in [0.2, 0.25) is 0 Å². The van der Waals surface area contributed by atoms with Crippen LogP contribution in [0.3, 0.4) is 0 Å². The molecule has 3 N–H and O–H groups in total. The number of nitrogens with zero attached hydrogens (tertiary/aromatic N) is 7. The number of pyridine rings is 1. The maximum atomic E-state index is 13.7. The molecule has 2 fully saturated rings. The van der Waals surface area contributed by atoms with Crippen LogP contribution >= 0.6 is 0 Å². The van der Waals surface area contributed by atoms with E-state index in [-0.39, 0.29) is 18.1 Å². The highest BCUT2D eigenvalue weighted by Gasteiger charge is 2.31. The van der Waals surface area contributed by atoms with Crippen molar-refractivity contribution in [2.24, 2.45) is 7.05 Å². The fourth-order valence-electron chi connectivity index (χ4n) is 5.64. The van der Waals surface area contributed by atoms with Gasteiger partial charge in [-0.25, -0.2) is 14.8 Å². The molecule has 2 aliphatic carbocycles. The predicted molar refractivity (Wildman–Crippen MR) is 165 cm³/mol. The number of nitriles is 1. The zero-order valence-electron chi connectivity index (χ0n) is 24.3. The van der Waals surface area contributed by atoms with Crippen molar-refractivity contribution < 1.29 is 4.79 Å². The van der Waals surface area contributed by atoms with Crippen LogP contribution in [0.25, 0.3) is 11.1 Å². The lowest BCUT2D eigenvalue weighted by molar-refractivity contribution is 0.240. The SMILES string of the molecule is Cn1cc(-c2ccc(N(C(=O)NCc3ccccc3)[C@H]3CC[C@H](Nc4ncc(C#N)c(NC5CCC5)n4)CC3)nc2)cn1. The van der Waals surface area contributed by atoms with Crippen molar-refractivity contribution in [2.45, 2.75) is 69.6 Å². The largest absolute Gasteiger partial charge is 0.366 e. The Balaban J connectivity index is 1.14. The quantitative estimate of drug-likeness (QED) is 0.246. The average molecular weight is 577 g/mol. The summed E-state index contributed by atoms with van der Waals surface area (Å²) in [6, 6.07) is 16.4. The number of carbonyl (C=O) groups is 1. The third-order valence-corrected chi connectivity index (χ3v) is 8.29. The molecular weight excluding hydrogens is 540 g/mol. The molecule has 0 atom stereocenters. The number of anilines is 3. The van der Waals surface area contributed by atoms with E-state index in [0.29, 0.717) is 35.7 Å². The number of urea groups is 1. The maximum absolute atomic E-state index is 13.7. The number of rotatable bonds is 9. The minimum absolute atomic E-state index is 0.0108. The lowest BCUT2D eigenvalue weighted by Crippen LogP contribution is -2.49. The molecule has 0 aliphatic heterocycles. The Morgan fingerprint density at radius 3 is 2.40 bits per heavy atom. The number of nitrogens with one attached hydrogen (secondary N) is 3. The first-order chi connectivity index (χ1) is 21.1. The molecule has 0 radical (unpaired) electrons. The predicted octanol–water partition coefficient (Wildman–Crippen LogP) is 5.25. The van der Waals surface area contributed by atoms with Crippen LogP contribution in [-0.2, 0) is 13.6 Å². The third kappa shape index (κ3) is 6.75. The second kappa shape index (κ2) is 12.9. The van der Waals surface area contributed by atoms with Gasteiger partial charge in [0, 0.05) is 55.2 Å². The number of aryl methyl sites for hydroxylation is 1.